The summed E-state index contributed by atoms with van der Waals surface area (Å²) in [5.41, 5.74) is 0.963. The van der Waals surface area contributed by atoms with Crippen LogP contribution in [0.2, 0.25) is 0 Å². The van der Waals surface area contributed by atoms with Crippen LogP contribution in [0.1, 0.15) is 47.8 Å². The number of thiazole rings is 1. The molecule has 0 saturated carbocycles. The van der Waals surface area contributed by atoms with E-state index >= 15 is 0 Å². The Morgan fingerprint density at radius 2 is 1.67 bits per heavy atom. The first kappa shape index (κ1) is 29.6. The van der Waals surface area contributed by atoms with Crippen LogP contribution in [-0.4, -0.2) is 37.5 Å². The van der Waals surface area contributed by atoms with Gasteiger partial charge in [0, 0.05) is 17.3 Å². The Morgan fingerprint density at radius 3 is 2.28 bits per heavy atom. The van der Waals surface area contributed by atoms with E-state index in [9.17, 15) is 27.2 Å². The van der Waals surface area contributed by atoms with E-state index in [0.717, 1.165) is 11.6 Å². The van der Waals surface area contributed by atoms with Crippen molar-refractivity contribution in [1.29, 1.82) is 0 Å². The molecule has 2 heterocycles. The first-order chi connectivity index (χ1) is 20.3. The normalized spacial score (nSPS) is 11.9. The average molecular weight is 613 g/mol. The molecule has 222 valence electrons. The number of hydrogen-bond donors (Lipinski definition) is 3. The van der Waals surface area contributed by atoms with E-state index in [-0.39, 0.29) is 33.3 Å². The second-order valence-electron chi connectivity index (χ2n) is 10.5. The zero-order chi connectivity index (χ0) is 30.9. The number of nitrogens with one attached hydrogen (secondary N) is 3. The van der Waals surface area contributed by atoms with Crippen LogP contribution >= 0.6 is 11.3 Å². The van der Waals surface area contributed by atoms with Crippen LogP contribution in [-0.2, 0) is 18.1 Å². The van der Waals surface area contributed by atoms with Crippen molar-refractivity contribution < 1.29 is 27.2 Å². The highest BCUT2D eigenvalue weighted by Gasteiger charge is 2.35. The van der Waals surface area contributed by atoms with Gasteiger partial charge in [0.05, 0.1) is 22.3 Å². The summed E-state index contributed by atoms with van der Waals surface area (Å²) in [5, 5.41) is 17.9. The Kier molecular flexibility index (Phi) is 7.84. The van der Waals surface area contributed by atoms with Crippen molar-refractivity contribution in [2.75, 3.05) is 15.5 Å². The fourth-order valence-electron chi connectivity index (χ4n) is 4.18. The zero-order valence-corrected chi connectivity index (χ0v) is 23.8. The molecule has 5 rings (SSSR count). The first-order valence-corrected chi connectivity index (χ1v) is 13.6. The predicted molar refractivity (Wildman–Crippen MR) is 153 cm³/mol. The number of hydrogen-bond acceptors (Lipinski definition) is 7. The summed E-state index contributed by atoms with van der Waals surface area (Å²) >= 11 is 0.601. The fraction of sp³-hybridized carbons (Fsp3) is 0.214. The standard InChI is InChI=1S/C28H24F4N8O2S/c1-27(2,3)17-8-10-19(11-9-17)40(14-15-4-6-16(7-5-15)23(41)34-24-36-38-39-37-24)26(42)35-25-33-21-13-18(29)12-20(22(21)43-25)28(30,31)32/h4-13H,14H2,1-3H3,(H,33,35,42)(H2,34,36,37,38,39,41). The van der Waals surface area contributed by atoms with Gasteiger partial charge in [0.1, 0.15) is 5.82 Å². The van der Waals surface area contributed by atoms with Gasteiger partial charge < -0.3 is 0 Å². The van der Waals surface area contributed by atoms with Crippen LogP contribution in [0, 0.1) is 5.82 Å². The number of fused-ring (bicyclic) bond motifs is 1. The zero-order valence-electron chi connectivity index (χ0n) is 23.0. The molecule has 5 aromatic rings. The molecule has 2 aromatic heterocycles. The van der Waals surface area contributed by atoms with Crippen molar-refractivity contribution in [2.24, 2.45) is 0 Å². The van der Waals surface area contributed by atoms with E-state index in [1.54, 1.807) is 36.4 Å². The summed E-state index contributed by atoms with van der Waals surface area (Å²) in [5.74, 6) is -1.54. The SMILES string of the molecule is CC(C)(C)c1ccc(N(Cc2ccc(C(=O)Nc3nn[nH]n3)cc2)C(=O)Nc2nc3cc(F)cc(C(F)(F)F)c3s2)cc1. The Morgan fingerprint density at radius 1 is 0.977 bits per heavy atom. The molecule has 3 aromatic carbocycles. The van der Waals surface area contributed by atoms with E-state index < -0.39 is 29.5 Å². The van der Waals surface area contributed by atoms with E-state index in [2.05, 4.69) is 36.2 Å². The lowest BCUT2D eigenvalue weighted by Gasteiger charge is -2.25. The van der Waals surface area contributed by atoms with Crippen molar-refractivity contribution in [3.63, 3.8) is 0 Å². The number of amides is 3. The molecule has 3 N–H and O–H groups in total. The molecule has 0 saturated heterocycles. The number of alkyl halides is 3. The molecule has 0 unspecified atom stereocenters. The minimum Gasteiger partial charge on any atom is -0.290 e. The lowest BCUT2D eigenvalue weighted by Crippen LogP contribution is -2.34. The van der Waals surface area contributed by atoms with Gasteiger partial charge in [-0.1, -0.05) is 61.5 Å². The average Bonchev–Trinajstić information content (AvgIpc) is 3.60. The molecule has 15 heteroatoms. The van der Waals surface area contributed by atoms with Gasteiger partial charge in [-0.15, -0.1) is 5.10 Å². The number of rotatable bonds is 6. The van der Waals surface area contributed by atoms with Gasteiger partial charge >= 0.3 is 12.2 Å². The van der Waals surface area contributed by atoms with Crippen LogP contribution in [0.5, 0.6) is 0 Å². The number of nitrogens with zero attached hydrogens (tertiary/aromatic N) is 5. The van der Waals surface area contributed by atoms with Gasteiger partial charge in [-0.2, -0.15) is 18.4 Å². The maximum atomic E-state index is 13.9. The Hall–Kier alpha value is -4.92. The molecule has 0 spiro atoms. The Balaban J connectivity index is 1.42. The van der Waals surface area contributed by atoms with Crippen molar-refractivity contribution in [3.05, 3.63) is 88.7 Å². The van der Waals surface area contributed by atoms with Gasteiger partial charge in [-0.25, -0.2) is 14.2 Å². The highest BCUT2D eigenvalue weighted by molar-refractivity contribution is 7.22. The summed E-state index contributed by atoms with van der Waals surface area (Å²) < 4.78 is 54.2. The Bertz CT molecular complexity index is 1760. The van der Waals surface area contributed by atoms with E-state index in [1.807, 2.05) is 32.9 Å². The largest absolute Gasteiger partial charge is 0.417 e. The third-order valence-electron chi connectivity index (χ3n) is 6.39. The molecular formula is C28H24F4N8O2S. The molecule has 43 heavy (non-hydrogen) atoms. The number of urea groups is 1. The molecule has 3 amide bonds. The predicted octanol–water partition coefficient (Wildman–Crippen LogP) is 6.76. The number of aromatic nitrogens is 5. The lowest BCUT2D eigenvalue weighted by molar-refractivity contribution is -0.136. The second-order valence-corrected chi connectivity index (χ2v) is 11.5. The third-order valence-corrected chi connectivity index (χ3v) is 7.41. The van der Waals surface area contributed by atoms with E-state index in [1.165, 1.54) is 4.90 Å². The number of carbonyl (C=O) groups excluding carboxylic acids is 2. The highest BCUT2D eigenvalue weighted by atomic mass is 32.1. The topological polar surface area (TPSA) is 129 Å². The molecule has 0 fully saturated rings. The summed E-state index contributed by atoms with van der Waals surface area (Å²) in [7, 11) is 0. The second kappa shape index (κ2) is 11.4. The van der Waals surface area contributed by atoms with Crippen LogP contribution < -0.4 is 15.5 Å². The van der Waals surface area contributed by atoms with E-state index in [0.29, 0.717) is 34.2 Å². The van der Waals surface area contributed by atoms with Crippen LogP contribution in [0.15, 0.2) is 60.7 Å². The van der Waals surface area contributed by atoms with Crippen molar-refractivity contribution >= 4 is 50.3 Å². The lowest BCUT2D eigenvalue weighted by atomic mass is 9.87. The number of anilines is 3. The molecule has 10 nitrogen and oxygen atoms in total. The first-order valence-electron chi connectivity index (χ1n) is 12.8. The van der Waals surface area contributed by atoms with Crippen molar-refractivity contribution in [1.82, 2.24) is 25.6 Å². The fourth-order valence-corrected chi connectivity index (χ4v) is 5.15. The number of H-pyrrole nitrogens is 1. The van der Waals surface area contributed by atoms with Crippen molar-refractivity contribution in [2.45, 2.75) is 38.9 Å². The highest BCUT2D eigenvalue weighted by Crippen LogP contribution is 2.39. The van der Waals surface area contributed by atoms with E-state index in [4.69, 9.17) is 0 Å². The summed E-state index contributed by atoms with van der Waals surface area (Å²) in [6.07, 6.45) is -4.80. The molecule has 0 aliphatic carbocycles. The summed E-state index contributed by atoms with van der Waals surface area (Å²) in [6, 6.07) is 14.4. The van der Waals surface area contributed by atoms with Crippen LogP contribution in [0.25, 0.3) is 10.2 Å². The molecule has 0 aliphatic heterocycles. The van der Waals surface area contributed by atoms with Crippen molar-refractivity contribution in [3.8, 4) is 0 Å². The monoisotopic (exact) mass is 612 g/mol. The van der Waals surface area contributed by atoms with Crippen LogP contribution in [0.4, 0.5) is 39.1 Å². The van der Waals surface area contributed by atoms with Gasteiger partial charge in [0.15, 0.2) is 5.13 Å². The summed E-state index contributed by atoms with van der Waals surface area (Å²) in [6.45, 7) is 6.19. The minimum absolute atomic E-state index is 0.00978. The summed E-state index contributed by atoms with van der Waals surface area (Å²) in [4.78, 5) is 31.5. The van der Waals surface area contributed by atoms with Crippen LogP contribution in [0.3, 0.4) is 0 Å². The Labute approximate surface area is 246 Å². The minimum atomic E-state index is -4.80. The number of carbonyl (C=O) groups is 2. The number of benzene rings is 3. The van der Waals surface area contributed by atoms with Gasteiger partial charge in [-0.3, -0.25) is 20.3 Å². The number of halogens is 4. The molecule has 0 atom stereocenters. The smallest absolute Gasteiger partial charge is 0.290 e. The third kappa shape index (κ3) is 6.77. The molecule has 0 aliphatic rings. The maximum absolute atomic E-state index is 13.9. The quantitative estimate of drug-likeness (QED) is 0.182. The van der Waals surface area contributed by atoms with Gasteiger partial charge in [0.25, 0.3) is 11.9 Å². The van der Waals surface area contributed by atoms with Gasteiger partial charge in [0.2, 0.25) is 0 Å². The number of aromatic amines is 1. The molecule has 0 radical (unpaired) electrons. The van der Waals surface area contributed by atoms with Gasteiger partial charge in [-0.05, 0) is 52.1 Å². The maximum Gasteiger partial charge on any atom is 0.417 e. The molecule has 0 bridgehead atoms. The number of tetrazole rings is 1. The molecular weight excluding hydrogens is 588 g/mol.